The third-order valence-electron chi connectivity index (χ3n) is 4.37. The van der Waals surface area contributed by atoms with Crippen LogP contribution in [0.4, 0.5) is 5.69 Å². The number of thiazole rings is 1. The van der Waals surface area contributed by atoms with Crippen LogP contribution >= 0.6 is 11.3 Å². The molecule has 5 rings (SSSR count). The van der Waals surface area contributed by atoms with E-state index < -0.39 is 0 Å². The smallest absolute Gasteiger partial charge is 0.255 e. The van der Waals surface area contributed by atoms with E-state index in [1.165, 1.54) is 0 Å². The van der Waals surface area contributed by atoms with Crippen molar-refractivity contribution in [2.45, 2.75) is 0 Å². The Morgan fingerprint density at radius 1 is 0.964 bits per heavy atom. The molecule has 0 saturated heterocycles. The first-order chi connectivity index (χ1) is 13.8. The summed E-state index contributed by atoms with van der Waals surface area (Å²) in [5.41, 5.74) is 3.18. The van der Waals surface area contributed by atoms with Gasteiger partial charge in [-0.05, 0) is 48.5 Å². The van der Waals surface area contributed by atoms with Gasteiger partial charge >= 0.3 is 0 Å². The van der Waals surface area contributed by atoms with Crippen molar-refractivity contribution >= 4 is 33.1 Å². The third kappa shape index (κ3) is 3.08. The summed E-state index contributed by atoms with van der Waals surface area (Å²) in [6.45, 7) is 0. The molecule has 0 spiro atoms. The summed E-state index contributed by atoms with van der Waals surface area (Å²) in [5.74, 6) is -0.146. The van der Waals surface area contributed by atoms with Crippen molar-refractivity contribution in [1.82, 2.24) is 19.1 Å². The highest BCUT2D eigenvalue weighted by Gasteiger charge is 2.10. The van der Waals surface area contributed by atoms with Crippen molar-refractivity contribution in [3.05, 3.63) is 91.3 Å². The molecule has 5 aromatic rings. The van der Waals surface area contributed by atoms with Crippen LogP contribution in [0.5, 0.6) is 0 Å². The molecule has 2 aromatic carbocycles. The predicted molar refractivity (Wildman–Crippen MR) is 110 cm³/mol. The lowest BCUT2D eigenvalue weighted by Gasteiger charge is -2.08. The molecule has 0 aliphatic heterocycles. The molecule has 0 radical (unpaired) electrons. The SMILES string of the molecule is O=C(Nc1ccc2nc(-n3ccnc3)sc2c1)c1cccc(-n2cccc2)c1. The fraction of sp³-hybridized carbons (Fsp3) is 0. The van der Waals surface area contributed by atoms with E-state index in [1.54, 1.807) is 23.9 Å². The van der Waals surface area contributed by atoms with Gasteiger partial charge in [0.1, 0.15) is 6.33 Å². The maximum Gasteiger partial charge on any atom is 0.255 e. The van der Waals surface area contributed by atoms with Gasteiger partial charge in [0, 0.05) is 41.7 Å². The van der Waals surface area contributed by atoms with Crippen molar-refractivity contribution < 1.29 is 4.79 Å². The fourth-order valence-corrected chi connectivity index (χ4v) is 3.95. The van der Waals surface area contributed by atoms with Crippen molar-refractivity contribution in [3.8, 4) is 10.8 Å². The van der Waals surface area contributed by atoms with E-state index in [9.17, 15) is 4.79 Å². The third-order valence-corrected chi connectivity index (χ3v) is 5.40. The minimum atomic E-state index is -0.146. The van der Waals surface area contributed by atoms with Crippen molar-refractivity contribution in [3.63, 3.8) is 0 Å². The highest BCUT2D eigenvalue weighted by Crippen LogP contribution is 2.27. The number of nitrogens with zero attached hydrogens (tertiary/aromatic N) is 4. The van der Waals surface area contributed by atoms with E-state index >= 15 is 0 Å². The van der Waals surface area contributed by atoms with E-state index in [1.807, 2.05) is 82.3 Å². The average molecular weight is 385 g/mol. The minimum Gasteiger partial charge on any atom is -0.324 e. The Balaban J connectivity index is 1.40. The summed E-state index contributed by atoms with van der Waals surface area (Å²) in [5, 5.41) is 3.82. The molecule has 0 bridgehead atoms. The van der Waals surface area contributed by atoms with Gasteiger partial charge in [-0.25, -0.2) is 9.97 Å². The fourth-order valence-electron chi connectivity index (χ4n) is 2.99. The van der Waals surface area contributed by atoms with Crippen LogP contribution in [-0.2, 0) is 0 Å². The molecule has 3 aromatic heterocycles. The maximum atomic E-state index is 12.7. The number of nitrogens with one attached hydrogen (secondary N) is 1. The van der Waals surface area contributed by atoms with Crippen LogP contribution in [0.25, 0.3) is 21.0 Å². The topological polar surface area (TPSA) is 64.7 Å². The summed E-state index contributed by atoms with van der Waals surface area (Å²) in [4.78, 5) is 21.4. The van der Waals surface area contributed by atoms with E-state index in [0.717, 1.165) is 26.7 Å². The Labute approximate surface area is 164 Å². The molecule has 0 aliphatic rings. The molecule has 0 aliphatic carbocycles. The van der Waals surface area contributed by atoms with Gasteiger partial charge in [-0.1, -0.05) is 17.4 Å². The molecule has 28 heavy (non-hydrogen) atoms. The van der Waals surface area contributed by atoms with Gasteiger partial charge in [0.2, 0.25) is 0 Å². The number of hydrogen-bond acceptors (Lipinski definition) is 4. The van der Waals surface area contributed by atoms with E-state index in [0.29, 0.717) is 5.56 Å². The number of fused-ring (bicyclic) bond motifs is 1. The first kappa shape index (κ1) is 16.5. The molecule has 1 N–H and O–H groups in total. The molecule has 1 amide bonds. The Kier molecular flexibility index (Phi) is 3.99. The van der Waals surface area contributed by atoms with Crippen LogP contribution < -0.4 is 5.32 Å². The van der Waals surface area contributed by atoms with Crippen molar-refractivity contribution in [2.75, 3.05) is 5.32 Å². The standard InChI is InChI=1S/C21H15N5OS/c27-20(15-4-3-5-17(12-15)25-9-1-2-10-25)23-16-6-7-18-19(13-16)28-21(24-18)26-11-8-22-14-26/h1-14H,(H,23,27). The summed E-state index contributed by atoms with van der Waals surface area (Å²) >= 11 is 1.55. The van der Waals surface area contributed by atoms with E-state index in [4.69, 9.17) is 0 Å². The minimum absolute atomic E-state index is 0.146. The summed E-state index contributed by atoms with van der Waals surface area (Å²) < 4.78 is 4.84. The van der Waals surface area contributed by atoms with Crippen LogP contribution in [0, 0.1) is 0 Å². The normalized spacial score (nSPS) is 11.0. The summed E-state index contributed by atoms with van der Waals surface area (Å²) in [6, 6.07) is 17.2. The quantitative estimate of drug-likeness (QED) is 0.494. The molecule has 7 heteroatoms. The van der Waals surface area contributed by atoms with Gasteiger partial charge < -0.3 is 9.88 Å². The number of aromatic nitrogens is 4. The monoisotopic (exact) mass is 385 g/mol. The second-order valence-corrected chi connectivity index (χ2v) is 7.25. The lowest BCUT2D eigenvalue weighted by atomic mass is 10.2. The lowest BCUT2D eigenvalue weighted by molar-refractivity contribution is 0.102. The second-order valence-electron chi connectivity index (χ2n) is 6.24. The maximum absolute atomic E-state index is 12.7. The molecule has 136 valence electrons. The van der Waals surface area contributed by atoms with Gasteiger partial charge in [-0.2, -0.15) is 0 Å². The summed E-state index contributed by atoms with van der Waals surface area (Å²) in [6.07, 6.45) is 9.20. The Morgan fingerprint density at radius 2 is 1.86 bits per heavy atom. The largest absolute Gasteiger partial charge is 0.324 e. The zero-order valence-corrected chi connectivity index (χ0v) is 15.5. The lowest BCUT2D eigenvalue weighted by Crippen LogP contribution is -2.12. The molecule has 0 fully saturated rings. The van der Waals surface area contributed by atoms with Crippen molar-refractivity contribution in [2.24, 2.45) is 0 Å². The summed E-state index contributed by atoms with van der Waals surface area (Å²) in [7, 11) is 0. The molecule has 6 nitrogen and oxygen atoms in total. The number of imidazole rings is 1. The van der Waals surface area contributed by atoms with Gasteiger partial charge in [-0.3, -0.25) is 9.36 Å². The van der Waals surface area contributed by atoms with Crippen molar-refractivity contribution in [1.29, 1.82) is 0 Å². The number of benzene rings is 2. The number of carbonyl (C=O) groups is 1. The highest BCUT2D eigenvalue weighted by molar-refractivity contribution is 7.20. The first-order valence-corrected chi connectivity index (χ1v) is 9.52. The van der Waals surface area contributed by atoms with Gasteiger partial charge in [0.05, 0.1) is 10.2 Å². The first-order valence-electron chi connectivity index (χ1n) is 8.70. The Morgan fingerprint density at radius 3 is 2.68 bits per heavy atom. The molecular formula is C21H15N5OS. The Bertz CT molecular complexity index is 1260. The number of rotatable bonds is 4. The number of hydrogen-bond donors (Lipinski definition) is 1. The zero-order valence-electron chi connectivity index (χ0n) is 14.7. The van der Waals surface area contributed by atoms with Crippen LogP contribution in [0.15, 0.2) is 85.7 Å². The van der Waals surface area contributed by atoms with Crippen LogP contribution in [-0.4, -0.2) is 25.0 Å². The molecule has 0 unspecified atom stereocenters. The molecule has 3 heterocycles. The van der Waals surface area contributed by atoms with Crippen LogP contribution in [0.2, 0.25) is 0 Å². The zero-order chi connectivity index (χ0) is 18.9. The van der Waals surface area contributed by atoms with Crippen LogP contribution in [0.3, 0.4) is 0 Å². The predicted octanol–water partition coefficient (Wildman–Crippen LogP) is 4.53. The van der Waals surface area contributed by atoms with Gasteiger partial charge in [0.15, 0.2) is 5.13 Å². The average Bonchev–Trinajstić information content (AvgIpc) is 3.48. The second kappa shape index (κ2) is 6.79. The van der Waals surface area contributed by atoms with Gasteiger partial charge in [0.25, 0.3) is 5.91 Å². The molecule has 0 saturated carbocycles. The van der Waals surface area contributed by atoms with Crippen LogP contribution in [0.1, 0.15) is 10.4 Å². The molecular weight excluding hydrogens is 370 g/mol. The van der Waals surface area contributed by atoms with Gasteiger partial charge in [-0.15, -0.1) is 0 Å². The number of amides is 1. The highest BCUT2D eigenvalue weighted by atomic mass is 32.1. The number of anilines is 1. The number of carbonyl (C=O) groups excluding carboxylic acids is 1. The van der Waals surface area contributed by atoms with E-state index in [-0.39, 0.29) is 5.91 Å². The van der Waals surface area contributed by atoms with E-state index in [2.05, 4.69) is 15.3 Å². The molecule has 0 atom stereocenters. The Hall–Kier alpha value is -3.71.